The lowest BCUT2D eigenvalue weighted by atomic mass is 10.2. The summed E-state index contributed by atoms with van der Waals surface area (Å²) in [6, 6.07) is 6.95. The maximum atomic E-state index is 13.7. The molecule has 0 fully saturated rings. The number of anilines is 2. The van der Waals surface area contributed by atoms with Crippen molar-refractivity contribution in [3.05, 3.63) is 48.0 Å². The van der Waals surface area contributed by atoms with Gasteiger partial charge in [0.05, 0.1) is 27.8 Å². The van der Waals surface area contributed by atoms with E-state index in [2.05, 4.69) is 10.6 Å². The number of carbonyl (C=O) groups excluding carboxylic acids is 2. The molecule has 0 spiro atoms. The molecule has 0 bridgehead atoms. The minimum atomic E-state index is -3.86. The Morgan fingerprint density at radius 3 is 2.75 bits per heavy atom. The van der Waals surface area contributed by atoms with Gasteiger partial charge < -0.3 is 10.6 Å². The molecule has 148 valence electrons. The van der Waals surface area contributed by atoms with Crippen molar-refractivity contribution >= 4 is 44.8 Å². The highest BCUT2D eigenvalue weighted by Crippen LogP contribution is 2.33. The normalized spacial score (nSPS) is 14.8. The topological polar surface area (TPSA) is 92.3 Å². The molecule has 0 radical (unpaired) electrons. The molecule has 2 aromatic carbocycles. The average Bonchev–Trinajstić information content (AvgIpc) is 2.63. The predicted molar refractivity (Wildman–Crippen MR) is 102 cm³/mol. The van der Waals surface area contributed by atoms with Crippen LogP contribution in [0.4, 0.5) is 20.2 Å². The zero-order valence-electron chi connectivity index (χ0n) is 14.7. The number of thioether (sulfide) groups is 1. The Balaban J connectivity index is 1.74. The van der Waals surface area contributed by atoms with Gasteiger partial charge in [0.25, 0.3) is 0 Å². The average molecular weight is 426 g/mol. The van der Waals surface area contributed by atoms with Crippen molar-refractivity contribution in [3.8, 4) is 0 Å². The Morgan fingerprint density at radius 1 is 1.25 bits per heavy atom. The van der Waals surface area contributed by atoms with Gasteiger partial charge in [-0.2, -0.15) is 0 Å². The largest absolute Gasteiger partial charge is 0.324 e. The summed E-state index contributed by atoms with van der Waals surface area (Å²) in [6.45, 7) is 1.38. The van der Waals surface area contributed by atoms with Gasteiger partial charge >= 0.3 is 0 Å². The molecule has 2 aromatic rings. The second-order valence-corrected chi connectivity index (χ2v) is 9.34. The van der Waals surface area contributed by atoms with Gasteiger partial charge in [0, 0.05) is 16.9 Å². The molecule has 1 aliphatic rings. The highest BCUT2D eigenvalue weighted by molar-refractivity contribution is 8.00. The van der Waals surface area contributed by atoms with Gasteiger partial charge in [-0.15, -0.1) is 11.8 Å². The number of carbonyl (C=O) groups is 2. The zero-order valence-corrected chi connectivity index (χ0v) is 16.3. The van der Waals surface area contributed by atoms with E-state index in [1.165, 1.54) is 30.8 Å². The van der Waals surface area contributed by atoms with Crippen molar-refractivity contribution in [3.63, 3.8) is 0 Å². The Kier molecular flexibility index (Phi) is 5.71. The Morgan fingerprint density at radius 2 is 2.00 bits per heavy atom. The van der Waals surface area contributed by atoms with Gasteiger partial charge in [-0.3, -0.25) is 9.59 Å². The van der Waals surface area contributed by atoms with E-state index in [1.54, 1.807) is 6.07 Å². The number of hydrogen-bond acceptors (Lipinski definition) is 5. The van der Waals surface area contributed by atoms with E-state index in [4.69, 9.17) is 0 Å². The Bertz CT molecular complexity index is 1060. The van der Waals surface area contributed by atoms with E-state index in [0.717, 1.165) is 23.1 Å². The summed E-state index contributed by atoms with van der Waals surface area (Å²) >= 11 is 1.30. The molecule has 0 saturated heterocycles. The van der Waals surface area contributed by atoms with Crippen LogP contribution in [0.2, 0.25) is 0 Å². The Labute approximate surface area is 164 Å². The molecular formula is C18H16F2N2O4S2. The highest BCUT2D eigenvalue weighted by Gasteiger charge is 2.26. The highest BCUT2D eigenvalue weighted by atomic mass is 32.2. The second-order valence-electron chi connectivity index (χ2n) is 6.29. The fraction of sp³-hybridized carbons (Fsp3) is 0.222. The van der Waals surface area contributed by atoms with Gasteiger partial charge in [-0.25, -0.2) is 17.2 Å². The first-order valence-electron chi connectivity index (χ1n) is 8.21. The molecule has 2 N–H and O–H groups in total. The summed E-state index contributed by atoms with van der Waals surface area (Å²) in [5, 5.41) is 4.81. The summed E-state index contributed by atoms with van der Waals surface area (Å²) in [7, 11) is -3.86. The molecular weight excluding hydrogens is 410 g/mol. The fourth-order valence-corrected chi connectivity index (χ4v) is 4.97. The van der Waals surface area contributed by atoms with Crippen molar-refractivity contribution in [1.82, 2.24) is 0 Å². The van der Waals surface area contributed by atoms with Gasteiger partial charge in [-0.05, 0) is 30.3 Å². The van der Waals surface area contributed by atoms with E-state index in [0.29, 0.717) is 5.69 Å². The number of fused-ring (bicyclic) bond motifs is 1. The molecule has 28 heavy (non-hydrogen) atoms. The SMILES string of the molecule is C[C@H](CS(=O)(=O)c1ccc2c(c1)NC(=O)CS2)C(=O)Nc1cc(F)ccc1F. The third-order valence-electron chi connectivity index (χ3n) is 4.05. The van der Waals surface area contributed by atoms with E-state index in [-0.39, 0.29) is 22.2 Å². The van der Waals surface area contributed by atoms with E-state index in [9.17, 15) is 26.8 Å². The van der Waals surface area contributed by atoms with Crippen LogP contribution in [0.5, 0.6) is 0 Å². The first-order valence-corrected chi connectivity index (χ1v) is 10.8. The van der Waals surface area contributed by atoms with Gasteiger partial charge in [-0.1, -0.05) is 6.92 Å². The monoisotopic (exact) mass is 426 g/mol. The quantitative estimate of drug-likeness (QED) is 0.767. The molecule has 1 aliphatic heterocycles. The van der Waals surface area contributed by atoms with Crippen LogP contribution < -0.4 is 10.6 Å². The van der Waals surface area contributed by atoms with Crippen LogP contribution in [-0.2, 0) is 19.4 Å². The molecule has 3 rings (SSSR count). The number of amides is 2. The van der Waals surface area contributed by atoms with Gasteiger partial charge in [0.1, 0.15) is 11.6 Å². The molecule has 2 amide bonds. The molecule has 0 unspecified atom stereocenters. The predicted octanol–water partition coefficient (Wildman–Crippen LogP) is 3.06. The number of hydrogen-bond donors (Lipinski definition) is 2. The molecule has 0 saturated carbocycles. The number of sulfone groups is 1. The molecule has 0 aromatic heterocycles. The lowest BCUT2D eigenvalue weighted by Gasteiger charge is -2.18. The summed E-state index contributed by atoms with van der Waals surface area (Å²) in [4.78, 5) is 24.4. The van der Waals surface area contributed by atoms with Crippen LogP contribution in [0.25, 0.3) is 0 Å². The zero-order chi connectivity index (χ0) is 20.5. The van der Waals surface area contributed by atoms with Crippen molar-refractivity contribution in [2.75, 3.05) is 22.1 Å². The maximum absolute atomic E-state index is 13.7. The summed E-state index contributed by atoms with van der Waals surface area (Å²) < 4.78 is 52.2. The standard InChI is InChI=1S/C18H16F2N2O4S2/c1-10(18(24)22-14-6-11(19)2-4-13(14)20)9-28(25,26)12-3-5-16-15(7-12)21-17(23)8-27-16/h2-7,10H,8-9H2,1H3,(H,21,23)(H,22,24)/t10-/m1/s1. The lowest BCUT2D eigenvalue weighted by Crippen LogP contribution is -2.27. The smallest absolute Gasteiger partial charge is 0.234 e. The van der Waals surface area contributed by atoms with Crippen LogP contribution in [-0.4, -0.2) is 31.7 Å². The third-order valence-corrected chi connectivity index (χ3v) is 7.03. The van der Waals surface area contributed by atoms with Crippen LogP contribution in [0.1, 0.15) is 6.92 Å². The number of nitrogens with one attached hydrogen (secondary N) is 2. The van der Waals surface area contributed by atoms with Crippen LogP contribution in [0, 0.1) is 17.6 Å². The number of benzene rings is 2. The summed E-state index contributed by atoms with van der Waals surface area (Å²) in [6.07, 6.45) is 0. The van der Waals surface area contributed by atoms with Gasteiger partial charge in [0.2, 0.25) is 11.8 Å². The van der Waals surface area contributed by atoms with Crippen molar-refractivity contribution in [2.24, 2.45) is 5.92 Å². The minimum absolute atomic E-state index is 0.0364. The fourth-order valence-electron chi connectivity index (χ4n) is 2.61. The van der Waals surface area contributed by atoms with Gasteiger partial charge in [0.15, 0.2) is 9.84 Å². The molecule has 10 heteroatoms. The molecule has 0 aliphatic carbocycles. The van der Waals surface area contributed by atoms with Crippen LogP contribution >= 0.6 is 11.8 Å². The van der Waals surface area contributed by atoms with Crippen LogP contribution in [0.15, 0.2) is 46.2 Å². The van der Waals surface area contributed by atoms with Crippen LogP contribution in [0.3, 0.4) is 0 Å². The number of rotatable bonds is 5. The Hall–Kier alpha value is -2.46. The minimum Gasteiger partial charge on any atom is -0.324 e. The van der Waals surface area contributed by atoms with E-state index < -0.39 is 39.0 Å². The lowest BCUT2D eigenvalue weighted by molar-refractivity contribution is -0.118. The second kappa shape index (κ2) is 7.88. The number of halogens is 2. The summed E-state index contributed by atoms with van der Waals surface area (Å²) in [5.41, 5.74) is 0.0454. The van der Waals surface area contributed by atoms with Crippen molar-refractivity contribution in [1.29, 1.82) is 0 Å². The summed E-state index contributed by atoms with van der Waals surface area (Å²) in [5.74, 6) is -3.83. The molecule has 1 atom stereocenters. The van der Waals surface area contributed by atoms with E-state index in [1.807, 2.05) is 0 Å². The maximum Gasteiger partial charge on any atom is 0.234 e. The van der Waals surface area contributed by atoms with Crippen molar-refractivity contribution in [2.45, 2.75) is 16.7 Å². The van der Waals surface area contributed by atoms with E-state index >= 15 is 0 Å². The molecule has 1 heterocycles. The molecule has 6 nitrogen and oxygen atoms in total. The van der Waals surface area contributed by atoms with Crippen molar-refractivity contribution < 1.29 is 26.8 Å². The first-order chi connectivity index (χ1) is 13.2. The third kappa shape index (κ3) is 4.50. The first kappa shape index (κ1) is 20.3.